The van der Waals surface area contributed by atoms with Crippen LogP contribution in [0.5, 0.6) is 11.5 Å². The average Bonchev–Trinajstić information content (AvgIpc) is 1.60. The summed E-state index contributed by atoms with van der Waals surface area (Å²) >= 11 is 8.83. The molecule has 19 atom stereocenters. The zero-order chi connectivity index (χ0) is 98.9. The van der Waals surface area contributed by atoms with E-state index in [0.717, 1.165) is 11.8 Å². The molecule has 1 saturated heterocycles. The maximum Gasteiger partial charge on any atom is 0.326 e. The first-order valence-corrected chi connectivity index (χ1v) is 44.0. The molecule has 0 unspecified atom stereocenters. The number of primary amides is 1. The van der Waals surface area contributed by atoms with E-state index < -0.39 is 252 Å². The van der Waals surface area contributed by atoms with Gasteiger partial charge in [-0.15, -0.1) is 0 Å². The molecule has 734 valence electrons. The second-order valence-electron chi connectivity index (χ2n) is 32.7. The molecule has 1 aliphatic rings. The van der Waals surface area contributed by atoms with Gasteiger partial charge in [0, 0.05) is 42.9 Å². The predicted molar refractivity (Wildman–Crippen MR) is 484 cm³/mol. The van der Waals surface area contributed by atoms with E-state index >= 15 is 0 Å². The van der Waals surface area contributed by atoms with Crippen molar-refractivity contribution in [2.75, 3.05) is 58.2 Å². The van der Waals surface area contributed by atoms with E-state index in [1.165, 1.54) is 62.4 Å². The van der Waals surface area contributed by atoms with Crippen molar-refractivity contribution >= 4 is 132 Å². The molecule has 0 aromatic heterocycles. The maximum absolute atomic E-state index is 14.8. The van der Waals surface area contributed by atoms with Gasteiger partial charge in [0.15, 0.2) is 5.96 Å². The van der Waals surface area contributed by atoms with Gasteiger partial charge in [-0.05, 0) is 159 Å². The number of carboxylic acid groups (broad SMARTS) is 1. The highest BCUT2D eigenvalue weighted by Crippen LogP contribution is 2.24. The summed E-state index contributed by atoms with van der Waals surface area (Å²) in [6.07, 6.45) is -5.64. The zero-order valence-electron chi connectivity index (χ0n) is 74.5. The number of guanidine groups is 1. The molecule has 0 spiro atoms. The van der Waals surface area contributed by atoms with Crippen LogP contribution in [-0.4, -0.2) is 314 Å². The molecule has 0 saturated carbocycles. The van der Waals surface area contributed by atoms with Gasteiger partial charge in [-0.3, -0.25) is 81.7 Å². The third-order valence-electron chi connectivity index (χ3n) is 21.2. The molecule has 3 rings (SSSR count). The summed E-state index contributed by atoms with van der Waals surface area (Å²) in [4.78, 5) is 243. The molecule has 50 heteroatoms. The number of unbranched alkanes of at least 4 members (excludes halogenated alkanes) is 1. The van der Waals surface area contributed by atoms with E-state index in [9.17, 15) is 112 Å². The SMILES string of the molecule is CC[C@H](C)[C@H](NC(=O)[C@@H]1C[C@@H](O)CN1C(=O)[C@@H](N)C(C)C)C(=O)N[C@H](C(=O)N[C@@H](Cc1ccc(O)cc1)C(=O)N[C@H](C(=O)N[C@@H](CC(N)=O)C(=O)N[C@@H](CCCN=C(N)N)C(=O)N[C@@H](CCN)C(=O)N[C@@H](CO)C(=O)N[C@H](CCN)C(=O)N[C@@H](CCCCN)C(=O)N[C@@H](CS)C(=O)N[C@@H](CCN)C(=O)N[C@@H](CCN)C(=O)N[C@@H](Cc1ccc(O)cc1)C(=O)O)C(C)(C)S)[C@@H](C)O. The number of aliphatic imine (C=N–C) groups is 1. The van der Waals surface area contributed by atoms with E-state index in [0.29, 0.717) is 17.5 Å². The van der Waals surface area contributed by atoms with Crippen LogP contribution in [0.4, 0.5) is 0 Å². The van der Waals surface area contributed by atoms with Crippen molar-refractivity contribution < 1.29 is 112 Å². The topological polar surface area (TPSA) is 830 Å². The van der Waals surface area contributed by atoms with Crippen molar-refractivity contribution in [1.29, 1.82) is 0 Å². The average molecular weight is 1890 g/mol. The van der Waals surface area contributed by atoms with Crippen molar-refractivity contribution in [1.82, 2.24) is 79.3 Å². The Hall–Kier alpha value is -11.4. The second kappa shape index (κ2) is 57.1. The second-order valence-corrected chi connectivity index (χ2v) is 34.2. The number of rotatable bonds is 59. The summed E-state index contributed by atoms with van der Waals surface area (Å²) in [5, 5.41) is 96.3. The minimum Gasteiger partial charge on any atom is -0.508 e. The predicted octanol–water partition coefficient (Wildman–Crippen LogP) is -10.8. The van der Waals surface area contributed by atoms with E-state index in [4.69, 9.17) is 51.6 Å². The minimum absolute atomic E-state index is 0.0835. The number of nitrogens with two attached hydrogens (primary N) is 9. The Balaban J connectivity index is 1.90. The molecule has 2 aromatic carbocycles. The minimum atomic E-state index is -2.00. The van der Waals surface area contributed by atoms with Crippen molar-refractivity contribution in [2.45, 2.75) is 252 Å². The fraction of sp³-hybridized carbons (Fsp3) is 0.630. The fourth-order valence-corrected chi connectivity index (χ4v) is 13.8. The number of benzene rings is 2. The highest BCUT2D eigenvalue weighted by atomic mass is 32.1. The van der Waals surface area contributed by atoms with Crippen LogP contribution in [-0.2, 0) is 94.3 Å². The Labute approximate surface area is 769 Å². The van der Waals surface area contributed by atoms with Gasteiger partial charge in [-0.2, -0.15) is 25.3 Å². The van der Waals surface area contributed by atoms with Crippen molar-refractivity contribution in [2.24, 2.45) is 68.4 Å². The zero-order valence-corrected chi connectivity index (χ0v) is 76.3. The lowest BCUT2D eigenvalue weighted by Crippen LogP contribution is -2.64. The summed E-state index contributed by atoms with van der Waals surface area (Å²) in [6.45, 7) is 8.09. The molecule has 2 aromatic rings. The maximum atomic E-state index is 14.8. The van der Waals surface area contributed by atoms with Gasteiger partial charge in [-0.1, -0.05) is 58.4 Å². The normalized spacial score (nSPS) is 17.0. The lowest BCUT2D eigenvalue weighted by Gasteiger charge is -2.33. The molecule has 0 radical (unpaired) electrons. The number of phenols is 2. The van der Waals surface area contributed by atoms with Crippen molar-refractivity contribution in [3.63, 3.8) is 0 Å². The third kappa shape index (κ3) is 38.5. The van der Waals surface area contributed by atoms with E-state index in [2.05, 4.69) is 105 Å². The molecule has 0 bridgehead atoms. The highest BCUT2D eigenvalue weighted by Gasteiger charge is 2.45. The van der Waals surface area contributed by atoms with Gasteiger partial charge < -0.3 is 162 Å². The number of β-amino-alcohol motifs (C(OH)–C–C–N with tert-alkyl or cyclic N) is 1. The number of nitrogens with zero attached hydrogens (tertiary/aromatic N) is 2. The first kappa shape index (κ1) is 114. The Bertz CT molecular complexity index is 4190. The van der Waals surface area contributed by atoms with Crippen LogP contribution < -0.4 is 126 Å². The summed E-state index contributed by atoms with van der Waals surface area (Å²) < 4.78 is -1.64. The van der Waals surface area contributed by atoms with Crippen LogP contribution in [0.15, 0.2) is 53.5 Å². The summed E-state index contributed by atoms with van der Waals surface area (Å²) in [5.74, 6) is -20.4. The highest BCUT2D eigenvalue weighted by molar-refractivity contribution is 7.81. The van der Waals surface area contributed by atoms with Crippen LogP contribution in [0.25, 0.3) is 0 Å². The van der Waals surface area contributed by atoms with E-state index in [-0.39, 0.29) is 133 Å². The Morgan fingerprint density at radius 2 is 0.855 bits per heavy atom. The quantitative estimate of drug-likeness (QED) is 0.0127. The number of aliphatic hydroxyl groups excluding tert-OH is 3. The van der Waals surface area contributed by atoms with Crippen LogP contribution >= 0.6 is 25.3 Å². The molecule has 38 N–H and O–H groups in total. The van der Waals surface area contributed by atoms with Gasteiger partial charge in [0.1, 0.15) is 102 Å². The molecular weight excluding hydrogens is 1760 g/mol. The number of hydrogen-bond donors (Lipinski definition) is 31. The molecule has 16 amide bonds. The number of carbonyl (C=O) groups is 17. The molecular formula is C81H135N25O23S2. The molecule has 1 heterocycles. The van der Waals surface area contributed by atoms with Gasteiger partial charge in [0.05, 0.1) is 31.3 Å². The number of carboxylic acids is 1. The number of aromatic hydroxyl groups is 2. The molecule has 131 heavy (non-hydrogen) atoms. The van der Waals surface area contributed by atoms with Crippen LogP contribution in [0.2, 0.25) is 0 Å². The number of aliphatic hydroxyl groups is 3. The molecule has 0 aliphatic carbocycles. The number of amides is 16. The van der Waals surface area contributed by atoms with Crippen LogP contribution in [0.1, 0.15) is 137 Å². The Morgan fingerprint density at radius 1 is 0.481 bits per heavy atom. The number of likely N-dealkylation sites (tertiary alicyclic amines) is 1. The lowest BCUT2D eigenvalue weighted by molar-refractivity contribution is -0.142. The molecule has 1 aliphatic heterocycles. The standard InChI is InChI=1S/C81H135N25O23S2/c1-8-40(4)61(103-74(123)58-34-46(111)36-106(58)78(127)60(88)39(2)3)75(124)104-62(41(5)108)76(125)98-53(32-42-14-18-44(109)19-15-42)71(120)105-63(81(6,7)131)77(126)99-54(35-59(87)112)70(119)93-48(13-11-31-91-80(89)90)64(113)94-52(25-30-86)69(118)101-56(37-107)72(121)96-49(22-27-83)66(115)92-47(12-9-10-26-82)65(114)102-57(38-130)73(122)97-50(23-28-84)67(116)95-51(24-29-85)68(117)100-55(79(128)129)33-43-16-20-45(110)21-17-43/h14-21,39-41,46-58,60-63,107-111,130-131H,8-13,22-38,82-86,88H2,1-7H3,(H2,87,112)(H,92,115)(H,93,119)(H,94,113)(H,95,116)(H,96,121)(H,97,122)(H,98,125)(H,99,126)(H,100,117)(H,101,118)(H,102,114)(H,103,123)(H,104,124)(H,105,120)(H,128,129)(H4,89,90,91)/t40-,41+,46+,47-,48-,49+,50-,51-,52-,53-,54-,55-,56-,57-,58-,60-,61-,62-,63+/m0/s1. The third-order valence-corrected chi connectivity index (χ3v) is 21.8. The summed E-state index contributed by atoms with van der Waals surface area (Å²) in [5.41, 5.74) is 52.8. The molecule has 48 nitrogen and oxygen atoms in total. The number of aliphatic carboxylic acids is 1. The number of hydrogen-bond acceptors (Lipinski definition) is 31. The smallest absolute Gasteiger partial charge is 0.326 e. The van der Waals surface area contributed by atoms with Crippen molar-refractivity contribution in [3.05, 3.63) is 59.7 Å². The number of carbonyl (C=O) groups excluding carboxylic acids is 16. The van der Waals surface area contributed by atoms with Crippen molar-refractivity contribution in [3.8, 4) is 11.5 Å². The molecule has 1 fully saturated rings. The van der Waals surface area contributed by atoms with Gasteiger partial charge in [0.25, 0.3) is 0 Å². The largest absolute Gasteiger partial charge is 0.508 e. The van der Waals surface area contributed by atoms with Gasteiger partial charge >= 0.3 is 5.97 Å². The van der Waals surface area contributed by atoms with Crippen LogP contribution in [0, 0.1) is 11.8 Å². The summed E-state index contributed by atoms with van der Waals surface area (Å²) in [6, 6.07) is -14.8. The van der Waals surface area contributed by atoms with Gasteiger partial charge in [-0.25, -0.2) is 4.79 Å². The van der Waals surface area contributed by atoms with Crippen LogP contribution in [0.3, 0.4) is 0 Å². The Morgan fingerprint density at radius 3 is 1.24 bits per heavy atom. The number of thiol groups is 2. The monoisotopic (exact) mass is 1890 g/mol. The number of nitrogens with one attached hydrogen (secondary N) is 14. The van der Waals surface area contributed by atoms with E-state index in [1.54, 1.807) is 27.7 Å². The number of phenolic OH excluding ortho intramolecular Hbond substituents is 2. The first-order chi connectivity index (χ1) is 61.6. The first-order valence-electron chi connectivity index (χ1n) is 42.9. The fourth-order valence-electron chi connectivity index (χ4n) is 13.4. The van der Waals surface area contributed by atoms with Gasteiger partial charge in [0.2, 0.25) is 94.5 Å². The summed E-state index contributed by atoms with van der Waals surface area (Å²) in [7, 11) is 0. The Kier molecular flexibility index (Phi) is 49.6. The van der Waals surface area contributed by atoms with E-state index in [1.807, 2.05) is 0 Å². The lowest BCUT2D eigenvalue weighted by atomic mass is 9.96.